The molecule has 4 rings (SSSR count). The fraction of sp³-hybridized carbons (Fsp3) is 0.150. The molecule has 3 N–H and O–H groups in total. The number of H-pyrrole nitrogens is 1. The van der Waals surface area contributed by atoms with Crippen LogP contribution in [0.1, 0.15) is 17.2 Å². The quantitative estimate of drug-likeness (QED) is 0.369. The molecule has 1 unspecified atom stereocenters. The fourth-order valence-electron chi connectivity index (χ4n) is 3.12. The number of nitrogens with zero attached hydrogens (tertiary/aromatic N) is 5. The summed E-state index contributed by atoms with van der Waals surface area (Å²) >= 11 is 0. The maximum Gasteiger partial charge on any atom is 0.229 e. The third-order valence-electron chi connectivity index (χ3n) is 4.57. The number of nitrogens with one attached hydrogen (secondary N) is 3. The van der Waals surface area contributed by atoms with Crippen LogP contribution in [0.2, 0.25) is 0 Å². The lowest BCUT2D eigenvalue weighted by Crippen LogP contribution is -2.17. The largest absolute Gasteiger partial charge is 0.347 e. The van der Waals surface area contributed by atoms with E-state index < -0.39 is 10.0 Å². The number of aromatic nitrogens is 6. The fourth-order valence-corrected chi connectivity index (χ4v) is 3.72. The van der Waals surface area contributed by atoms with Crippen molar-refractivity contribution in [3.63, 3.8) is 0 Å². The average molecular weight is 454 g/mol. The number of rotatable bonds is 8. The van der Waals surface area contributed by atoms with Crippen LogP contribution in [0.4, 0.5) is 16.0 Å². The Bertz CT molecular complexity index is 1280. The van der Waals surface area contributed by atoms with E-state index in [2.05, 4.69) is 40.6 Å². The standard InChI is InChI=1S/C20H19FN8O2S/c1-32(30,31)27-17-5-3-2-4-14(17)10-18(13-6-8-16(21)9-7-13)24-20-22-11-15(12-23-20)19-25-28-29-26-19/h2-9,11-12,18,27H,10H2,1H3,(H,22,23,24)(H,25,26,28,29). The first-order valence-electron chi connectivity index (χ1n) is 9.51. The Hall–Kier alpha value is -3.93. The second kappa shape index (κ2) is 9.06. The second-order valence-corrected chi connectivity index (χ2v) is 8.76. The highest BCUT2D eigenvalue weighted by atomic mass is 32.2. The molecule has 10 nitrogen and oxygen atoms in total. The van der Waals surface area contributed by atoms with E-state index >= 15 is 0 Å². The summed E-state index contributed by atoms with van der Waals surface area (Å²) in [4.78, 5) is 8.62. The van der Waals surface area contributed by atoms with Gasteiger partial charge in [-0.05, 0) is 41.0 Å². The number of benzene rings is 2. The molecule has 0 aliphatic heterocycles. The van der Waals surface area contributed by atoms with E-state index in [0.29, 0.717) is 29.4 Å². The lowest BCUT2D eigenvalue weighted by Gasteiger charge is -2.21. The first kappa shape index (κ1) is 21.3. The van der Waals surface area contributed by atoms with Gasteiger partial charge in [-0.25, -0.2) is 22.8 Å². The Balaban J connectivity index is 1.62. The minimum atomic E-state index is -3.46. The maximum absolute atomic E-state index is 13.5. The SMILES string of the molecule is CS(=O)(=O)Nc1ccccc1CC(Nc1ncc(-c2nn[nH]n2)cn1)c1ccc(F)cc1. The van der Waals surface area contributed by atoms with Crippen LogP contribution in [0.15, 0.2) is 60.9 Å². The number of para-hydroxylation sites is 1. The Kier molecular flexibility index (Phi) is 6.03. The van der Waals surface area contributed by atoms with Crippen LogP contribution in [-0.2, 0) is 16.4 Å². The van der Waals surface area contributed by atoms with Crippen molar-refractivity contribution >= 4 is 21.7 Å². The minimum Gasteiger partial charge on any atom is -0.347 e. The molecule has 0 fully saturated rings. The van der Waals surface area contributed by atoms with Gasteiger partial charge in [0.15, 0.2) is 0 Å². The zero-order valence-electron chi connectivity index (χ0n) is 16.9. The minimum absolute atomic E-state index is 0.333. The van der Waals surface area contributed by atoms with E-state index in [9.17, 15) is 12.8 Å². The predicted molar refractivity (Wildman–Crippen MR) is 117 cm³/mol. The average Bonchev–Trinajstić information content (AvgIpc) is 3.30. The van der Waals surface area contributed by atoms with Gasteiger partial charge < -0.3 is 5.32 Å². The normalized spacial score (nSPS) is 12.3. The molecule has 1 atom stereocenters. The van der Waals surface area contributed by atoms with E-state index in [4.69, 9.17) is 0 Å². The van der Waals surface area contributed by atoms with Crippen molar-refractivity contribution in [3.8, 4) is 11.4 Å². The molecule has 2 aromatic carbocycles. The van der Waals surface area contributed by atoms with Crippen LogP contribution in [-0.4, -0.2) is 45.3 Å². The number of halogens is 1. The molecule has 0 aliphatic rings. The predicted octanol–water partition coefficient (Wildman–Crippen LogP) is 2.56. The van der Waals surface area contributed by atoms with Crippen LogP contribution in [0.25, 0.3) is 11.4 Å². The molecule has 0 bridgehead atoms. The smallest absolute Gasteiger partial charge is 0.229 e. The molecule has 2 aromatic heterocycles. The third kappa shape index (κ3) is 5.40. The topological polar surface area (TPSA) is 138 Å². The molecule has 12 heteroatoms. The van der Waals surface area contributed by atoms with Gasteiger partial charge in [-0.3, -0.25) is 4.72 Å². The summed E-state index contributed by atoms with van der Waals surface area (Å²) in [7, 11) is -3.46. The van der Waals surface area contributed by atoms with Crippen molar-refractivity contribution < 1.29 is 12.8 Å². The lowest BCUT2D eigenvalue weighted by atomic mass is 9.98. The van der Waals surface area contributed by atoms with Crippen LogP contribution < -0.4 is 10.0 Å². The number of aromatic amines is 1. The van der Waals surface area contributed by atoms with Gasteiger partial charge in [0, 0.05) is 12.4 Å². The molecule has 0 aliphatic carbocycles. The number of hydrogen-bond acceptors (Lipinski definition) is 8. The van der Waals surface area contributed by atoms with E-state index in [1.807, 2.05) is 12.1 Å². The zero-order chi connectivity index (χ0) is 22.6. The summed E-state index contributed by atoms with van der Waals surface area (Å²) in [5.74, 6) is 0.347. The molecule has 0 saturated carbocycles. The Morgan fingerprint density at radius 2 is 1.78 bits per heavy atom. The molecule has 2 heterocycles. The number of sulfonamides is 1. The van der Waals surface area contributed by atoms with Gasteiger partial charge in [0.05, 0.1) is 23.5 Å². The van der Waals surface area contributed by atoms with Gasteiger partial charge in [0.25, 0.3) is 0 Å². The lowest BCUT2D eigenvalue weighted by molar-refractivity contribution is 0.606. The van der Waals surface area contributed by atoms with E-state index in [0.717, 1.165) is 17.4 Å². The molecular formula is C20H19FN8O2S. The van der Waals surface area contributed by atoms with Gasteiger partial charge in [0.1, 0.15) is 5.82 Å². The number of anilines is 2. The van der Waals surface area contributed by atoms with Gasteiger partial charge in [-0.2, -0.15) is 5.21 Å². The van der Waals surface area contributed by atoms with E-state index in [1.54, 1.807) is 36.7 Å². The van der Waals surface area contributed by atoms with Crippen molar-refractivity contribution in [1.82, 2.24) is 30.6 Å². The van der Waals surface area contributed by atoms with Crippen molar-refractivity contribution in [3.05, 3.63) is 77.9 Å². The first-order valence-corrected chi connectivity index (χ1v) is 11.4. The highest BCUT2D eigenvalue weighted by molar-refractivity contribution is 7.92. The number of tetrazole rings is 1. The summed E-state index contributed by atoms with van der Waals surface area (Å²) in [6.45, 7) is 0. The second-order valence-electron chi connectivity index (χ2n) is 7.01. The van der Waals surface area contributed by atoms with Gasteiger partial charge >= 0.3 is 0 Å². The molecule has 0 amide bonds. The zero-order valence-corrected chi connectivity index (χ0v) is 17.7. The Morgan fingerprint density at radius 1 is 1.06 bits per heavy atom. The molecule has 0 radical (unpaired) electrons. The van der Waals surface area contributed by atoms with Gasteiger partial charge in [-0.15, -0.1) is 10.2 Å². The van der Waals surface area contributed by atoms with E-state index in [-0.39, 0.29) is 11.9 Å². The van der Waals surface area contributed by atoms with Crippen molar-refractivity contribution in [2.75, 3.05) is 16.3 Å². The van der Waals surface area contributed by atoms with Crippen LogP contribution >= 0.6 is 0 Å². The summed E-state index contributed by atoms with van der Waals surface area (Å²) in [5.41, 5.74) is 2.59. The van der Waals surface area contributed by atoms with Crippen molar-refractivity contribution in [2.24, 2.45) is 0 Å². The van der Waals surface area contributed by atoms with Crippen LogP contribution in [0.3, 0.4) is 0 Å². The van der Waals surface area contributed by atoms with Crippen molar-refractivity contribution in [1.29, 1.82) is 0 Å². The van der Waals surface area contributed by atoms with Crippen molar-refractivity contribution in [2.45, 2.75) is 12.5 Å². The highest BCUT2D eigenvalue weighted by Crippen LogP contribution is 2.27. The Morgan fingerprint density at radius 3 is 2.44 bits per heavy atom. The highest BCUT2D eigenvalue weighted by Gasteiger charge is 2.17. The molecule has 32 heavy (non-hydrogen) atoms. The molecule has 0 saturated heterocycles. The summed E-state index contributed by atoms with van der Waals surface area (Å²) < 4.78 is 39.5. The van der Waals surface area contributed by atoms with Gasteiger partial charge in [0.2, 0.25) is 21.8 Å². The van der Waals surface area contributed by atoms with Crippen LogP contribution in [0.5, 0.6) is 0 Å². The Labute approximate surface area is 183 Å². The van der Waals surface area contributed by atoms with Gasteiger partial charge in [-0.1, -0.05) is 30.3 Å². The first-order chi connectivity index (χ1) is 15.4. The number of hydrogen-bond donors (Lipinski definition) is 3. The molecule has 0 spiro atoms. The summed E-state index contributed by atoms with van der Waals surface area (Å²) in [6, 6.07) is 12.8. The van der Waals surface area contributed by atoms with E-state index in [1.165, 1.54) is 12.1 Å². The molecule has 4 aromatic rings. The third-order valence-corrected chi connectivity index (χ3v) is 5.16. The molecular weight excluding hydrogens is 435 g/mol. The maximum atomic E-state index is 13.5. The summed E-state index contributed by atoms with van der Waals surface area (Å²) in [6.07, 6.45) is 4.60. The summed E-state index contributed by atoms with van der Waals surface area (Å²) in [5, 5.41) is 16.9. The molecule has 164 valence electrons. The van der Waals surface area contributed by atoms with Crippen LogP contribution in [0, 0.1) is 5.82 Å². The monoisotopic (exact) mass is 454 g/mol.